The van der Waals surface area contributed by atoms with Gasteiger partial charge in [-0.1, -0.05) is 11.6 Å². The second-order valence-corrected chi connectivity index (χ2v) is 6.20. The van der Waals surface area contributed by atoms with Crippen LogP contribution in [0.2, 0.25) is 5.02 Å². The van der Waals surface area contributed by atoms with Crippen LogP contribution in [0.3, 0.4) is 0 Å². The standard InChI is InChI=1S/C14H19ClFNO/c1-14(2,17)7-10-5-11(16)6-12(15)13(10)18-8-9-3-4-9/h5-6,9H,3-4,7-8,17H2,1-2H3. The van der Waals surface area contributed by atoms with Crippen LogP contribution < -0.4 is 10.5 Å². The maximum absolute atomic E-state index is 13.4. The van der Waals surface area contributed by atoms with Crippen LogP contribution in [-0.4, -0.2) is 12.1 Å². The molecule has 18 heavy (non-hydrogen) atoms. The van der Waals surface area contributed by atoms with Gasteiger partial charge in [-0.2, -0.15) is 0 Å². The molecule has 0 heterocycles. The van der Waals surface area contributed by atoms with Crippen molar-refractivity contribution in [3.8, 4) is 5.75 Å². The normalized spacial score (nSPS) is 15.8. The summed E-state index contributed by atoms with van der Waals surface area (Å²) in [4.78, 5) is 0. The van der Waals surface area contributed by atoms with Gasteiger partial charge in [-0.15, -0.1) is 0 Å². The molecule has 1 aliphatic carbocycles. The molecule has 1 aliphatic rings. The third-order valence-corrected chi connectivity index (χ3v) is 3.17. The number of nitrogens with two attached hydrogens (primary N) is 1. The van der Waals surface area contributed by atoms with Gasteiger partial charge in [-0.05, 0) is 51.2 Å². The predicted octanol–water partition coefficient (Wildman–Crippen LogP) is 3.55. The Bertz CT molecular complexity index is 438. The van der Waals surface area contributed by atoms with Crippen molar-refractivity contribution < 1.29 is 9.13 Å². The van der Waals surface area contributed by atoms with Crippen molar-refractivity contribution >= 4 is 11.6 Å². The number of halogens is 2. The molecule has 0 saturated heterocycles. The van der Waals surface area contributed by atoms with Crippen LogP contribution >= 0.6 is 11.6 Å². The number of benzene rings is 1. The average Bonchev–Trinajstić information content (AvgIpc) is 2.97. The largest absolute Gasteiger partial charge is 0.491 e. The molecule has 0 unspecified atom stereocenters. The molecule has 0 spiro atoms. The van der Waals surface area contributed by atoms with Crippen LogP contribution in [0.15, 0.2) is 12.1 Å². The quantitative estimate of drug-likeness (QED) is 0.889. The lowest BCUT2D eigenvalue weighted by Gasteiger charge is -2.21. The molecule has 2 N–H and O–H groups in total. The Morgan fingerprint density at radius 1 is 1.44 bits per heavy atom. The summed E-state index contributed by atoms with van der Waals surface area (Å²) in [5.74, 6) is 0.867. The van der Waals surface area contributed by atoms with Gasteiger partial charge < -0.3 is 10.5 Å². The highest BCUT2D eigenvalue weighted by Crippen LogP contribution is 2.35. The zero-order chi connectivity index (χ0) is 13.3. The molecule has 1 saturated carbocycles. The van der Waals surface area contributed by atoms with E-state index >= 15 is 0 Å². The Balaban J connectivity index is 2.22. The Morgan fingerprint density at radius 2 is 2.11 bits per heavy atom. The number of hydrogen-bond acceptors (Lipinski definition) is 2. The van der Waals surface area contributed by atoms with Gasteiger partial charge in [0.15, 0.2) is 0 Å². The number of rotatable bonds is 5. The van der Waals surface area contributed by atoms with E-state index in [1.807, 2.05) is 13.8 Å². The summed E-state index contributed by atoms with van der Waals surface area (Å²) in [6, 6.07) is 2.75. The van der Waals surface area contributed by atoms with E-state index in [9.17, 15) is 4.39 Å². The van der Waals surface area contributed by atoms with Crippen molar-refractivity contribution in [2.24, 2.45) is 11.7 Å². The van der Waals surface area contributed by atoms with E-state index in [2.05, 4.69) is 0 Å². The fourth-order valence-corrected chi connectivity index (χ4v) is 2.16. The fourth-order valence-electron chi connectivity index (χ4n) is 1.88. The maximum Gasteiger partial charge on any atom is 0.141 e. The molecule has 0 radical (unpaired) electrons. The molecular weight excluding hydrogens is 253 g/mol. The third kappa shape index (κ3) is 3.85. The average molecular weight is 272 g/mol. The highest BCUT2D eigenvalue weighted by atomic mass is 35.5. The van der Waals surface area contributed by atoms with Gasteiger partial charge in [0.2, 0.25) is 0 Å². The molecule has 0 bridgehead atoms. The third-order valence-electron chi connectivity index (χ3n) is 2.89. The lowest BCUT2D eigenvalue weighted by molar-refractivity contribution is 0.294. The van der Waals surface area contributed by atoms with Gasteiger partial charge >= 0.3 is 0 Å². The van der Waals surface area contributed by atoms with E-state index in [1.54, 1.807) is 0 Å². The molecule has 0 atom stereocenters. The SMILES string of the molecule is CC(C)(N)Cc1cc(F)cc(Cl)c1OCC1CC1. The summed E-state index contributed by atoms with van der Waals surface area (Å²) in [6.07, 6.45) is 2.94. The summed E-state index contributed by atoms with van der Waals surface area (Å²) >= 11 is 6.06. The first-order chi connectivity index (χ1) is 8.35. The van der Waals surface area contributed by atoms with Crippen LogP contribution in [-0.2, 0) is 6.42 Å². The first-order valence-electron chi connectivity index (χ1n) is 6.25. The van der Waals surface area contributed by atoms with Crippen LogP contribution in [0.5, 0.6) is 5.75 Å². The van der Waals surface area contributed by atoms with Gasteiger partial charge in [-0.25, -0.2) is 4.39 Å². The van der Waals surface area contributed by atoms with Crippen molar-refractivity contribution in [2.75, 3.05) is 6.61 Å². The van der Waals surface area contributed by atoms with Gasteiger partial charge in [-0.3, -0.25) is 0 Å². The minimum Gasteiger partial charge on any atom is -0.491 e. The fraction of sp³-hybridized carbons (Fsp3) is 0.571. The van der Waals surface area contributed by atoms with Gasteiger partial charge in [0, 0.05) is 11.1 Å². The van der Waals surface area contributed by atoms with Crippen molar-refractivity contribution in [3.63, 3.8) is 0 Å². The molecule has 0 aromatic heterocycles. The zero-order valence-corrected chi connectivity index (χ0v) is 11.6. The Morgan fingerprint density at radius 3 is 2.67 bits per heavy atom. The van der Waals surface area contributed by atoms with E-state index in [1.165, 1.54) is 25.0 Å². The van der Waals surface area contributed by atoms with Crippen LogP contribution in [0.4, 0.5) is 4.39 Å². The van der Waals surface area contributed by atoms with Crippen molar-refractivity contribution in [1.82, 2.24) is 0 Å². The van der Waals surface area contributed by atoms with Gasteiger partial charge in [0.1, 0.15) is 11.6 Å². The molecule has 1 fully saturated rings. The Hall–Kier alpha value is -0.800. The molecule has 1 aromatic rings. The summed E-state index contributed by atoms with van der Waals surface area (Å²) in [6.45, 7) is 4.45. The van der Waals surface area contributed by atoms with Crippen molar-refractivity contribution in [2.45, 2.75) is 38.6 Å². The Kier molecular flexibility index (Phi) is 3.83. The van der Waals surface area contributed by atoms with E-state index in [0.29, 0.717) is 29.7 Å². The van der Waals surface area contributed by atoms with Gasteiger partial charge in [0.25, 0.3) is 0 Å². The first kappa shape index (κ1) is 13.6. The zero-order valence-electron chi connectivity index (χ0n) is 10.8. The summed E-state index contributed by atoms with van der Waals surface area (Å²) in [5, 5.41) is 0.329. The van der Waals surface area contributed by atoms with Crippen molar-refractivity contribution in [1.29, 1.82) is 0 Å². The highest BCUT2D eigenvalue weighted by Gasteiger charge is 2.24. The minimum atomic E-state index is -0.422. The molecule has 0 aliphatic heterocycles. The summed E-state index contributed by atoms with van der Waals surface area (Å²) in [5.41, 5.74) is 6.31. The Labute approximate surface area is 112 Å². The first-order valence-corrected chi connectivity index (χ1v) is 6.62. The lowest BCUT2D eigenvalue weighted by Crippen LogP contribution is -2.34. The van der Waals surface area contributed by atoms with Crippen molar-refractivity contribution in [3.05, 3.63) is 28.5 Å². The van der Waals surface area contributed by atoms with E-state index in [4.69, 9.17) is 22.1 Å². The monoisotopic (exact) mass is 271 g/mol. The molecule has 0 amide bonds. The molecular formula is C14H19ClFNO. The van der Waals surface area contributed by atoms with E-state index < -0.39 is 5.54 Å². The van der Waals surface area contributed by atoms with E-state index in [0.717, 1.165) is 5.56 Å². The summed E-state index contributed by atoms with van der Waals surface area (Å²) < 4.78 is 19.2. The van der Waals surface area contributed by atoms with Crippen LogP contribution in [0, 0.1) is 11.7 Å². The van der Waals surface area contributed by atoms with E-state index in [-0.39, 0.29) is 5.82 Å². The summed E-state index contributed by atoms with van der Waals surface area (Å²) in [7, 11) is 0. The second-order valence-electron chi connectivity index (χ2n) is 5.80. The predicted molar refractivity (Wildman–Crippen MR) is 71.6 cm³/mol. The lowest BCUT2D eigenvalue weighted by atomic mass is 9.95. The topological polar surface area (TPSA) is 35.2 Å². The maximum atomic E-state index is 13.4. The second kappa shape index (κ2) is 5.06. The molecule has 100 valence electrons. The molecule has 2 nitrogen and oxygen atoms in total. The molecule has 1 aromatic carbocycles. The molecule has 4 heteroatoms. The minimum absolute atomic E-state index is 0.329. The number of hydrogen-bond donors (Lipinski definition) is 1. The van der Waals surface area contributed by atoms with Crippen LogP contribution in [0.25, 0.3) is 0 Å². The smallest absolute Gasteiger partial charge is 0.141 e. The molecule has 2 rings (SSSR count). The van der Waals surface area contributed by atoms with Crippen LogP contribution in [0.1, 0.15) is 32.3 Å². The van der Waals surface area contributed by atoms with Gasteiger partial charge in [0.05, 0.1) is 11.6 Å². The number of ether oxygens (including phenoxy) is 1. The highest BCUT2D eigenvalue weighted by molar-refractivity contribution is 6.32.